The Bertz CT molecular complexity index is 332. The third kappa shape index (κ3) is 3.62. The van der Waals surface area contributed by atoms with Crippen molar-refractivity contribution in [3.8, 4) is 0 Å². The molecule has 1 aromatic rings. The van der Waals surface area contributed by atoms with Crippen molar-refractivity contribution in [2.24, 2.45) is 0 Å². The molecule has 74 valence electrons. The van der Waals surface area contributed by atoms with E-state index in [1.807, 2.05) is 12.1 Å². The van der Waals surface area contributed by atoms with Gasteiger partial charge in [-0.3, -0.25) is 0 Å². The van der Waals surface area contributed by atoms with Gasteiger partial charge in [0.25, 0.3) is 0 Å². The lowest BCUT2D eigenvalue weighted by Crippen LogP contribution is -1.86. The number of rotatable bonds is 4. The summed E-state index contributed by atoms with van der Waals surface area (Å²) >= 11 is 1.66. The van der Waals surface area contributed by atoms with E-state index in [-0.39, 0.29) is 0 Å². The van der Waals surface area contributed by atoms with Crippen molar-refractivity contribution in [3.05, 3.63) is 30.0 Å². The lowest BCUT2D eigenvalue weighted by atomic mass is 10.2. The molecule has 14 heavy (non-hydrogen) atoms. The number of carboxylic acid groups (broad SMARTS) is 1. The van der Waals surface area contributed by atoms with Crippen LogP contribution in [0.3, 0.4) is 0 Å². The van der Waals surface area contributed by atoms with E-state index in [0.29, 0.717) is 0 Å². The highest BCUT2D eigenvalue weighted by Crippen LogP contribution is 2.14. The largest absolute Gasteiger partial charge is 0.478 e. The van der Waals surface area contributed by atoms with Crippen LogP contribution in [0.2, 0.25) is 0 Å². The van der Waals surface area contributed by atoms with Crippen molar-refractivity contribution in [2.45, 2.75) is 11.9 Å². The summed E-state index contributed by atoms with van der Waals surface area (Å²) in [6, 6.07) is 3.74. The molecule has 0 aliphatic rings. The van der Waals surface area contributed by atoms with E-state index in [4.69, 9.17) is 5.11 Å². The molecule has 1 rings (SSSR count). The van der Waals surface area contributed by atoms with Crippen LogP contribution in [0.5, 0.6) is 0 Å². The number of hydrogen-bond donors (Lipinski definition) is 1. The quantitative estimate of drug-likeness (QED) is 0.610. The molecule has 0 unspecified atom stereocenters. The summed E-state index contributed by atoms with van der Waals surface area (Å²) in [5.74, 6) is 0.0362. The van der Waals surface area contributed by atoms with Gasteiger partial charge in [0.05, 0.1) is 5.03 Å². The Hall–Kier alpha value is -1.29. The predicted molar refractivity (Wildman–Crippen MR) is 57.3 cm³/mol. The van der Waals surface area contributed by atoms with Crippen LogP contribution in [0, 0.1) is 0 Å². The average Bonchev–Trinajstić information content (AvgIpc) is 2.17. The SMILES string of the molecule is CCSc1ccc(C=CC(=O)O)cn1. The highest BCUT2D eigenvalue weighted by Gasteiger charge is 1.93. The molecule has 0 saturated carbocycles. The third-order valence-corrected chi connectivity index (χ3v) is 2.30. The van der Waals surface area contributed by atoms with Gasteiger partial charge in [-0.25, -0.2) is 9.78 Å². The van der Waals surface area contributed by atoms with Gasteiger partial charge in [-0.1, -0.05) is 13.0 Å². The van der Waals surface area contributed by atoms with E-state index in [9.17, 15) is 4.79 Å². The molecule has 1 aromatic heterocycles. The van der Waals surface area contributed by atoms with Gasteiger partial charge in [0.2, 0.25) is 0 Å². The third-order valence-electron chi connectivity index (χ3n) is 1.47. The van der Waals surface area contributed by atoms with Crippen LogP contribution in [0.4, 0.5) is 0 Å². The zero-order valence-corrected chi connectivity index (χ0v) is 8.62. The summed E-state index contributed by atoms with van der Waals surface area (Å²) in [4.78, 5) is 14.4. The number of pyridine rings is 1. The smallest absolute Gasteiger partial charge is 0.328 e. The zero-order chi connectivity index (χ0) is 10.4. The van der Waals surface area contributed by atoms with Crippen LogP contribution in [0.1, 0.15) is 12.5 Å². The van der Waals surface area contributed by atoms with Gasteiger partial charge in [0.1, 0.15) is 0 Å². The molecule has 0 fully saturated rings. The van der Waals surface area contributed by atoms with E-state index in [1.54, 1.807) is 18.0 Å². The van der Waals surface area contributed by atoms with E-state index in [2.05, 4.69) is 11.9 Å². The molecule has 0 radical (unpaired) electrons. The van der Waals surface area contributed by atoms with Crippen molar-refractivity contribution < 1.29 is 9.90 Å². The number of thioether (sulfide) groups is 1. The van der Waals surface area contributed by atoms with Gasteiger partial charge in [0, 0.05) is 12.3 Å². The fourth-order valence-electron chi connectivity index (χ4n) is 0.891. The highest BCUT2D eigenvalue weighted by molar-refractivity contribution is 7.99. The summed E-state index contributed by atoms with van der Waals surface area (Å²) in [6.07, 6.45) is 4.29. The lowest BCUT2D eigenvalue weighted by Gasteiger charge is -1.97. The molecule has 1 heterocycles. The molecule has 0 spiro atoms. The second-order valence-corrected chi connectivity index (χ2v) is 3.82. The maximum absolute atomic E-state index is 10.2. The van der Waals surface area contributed by atoms with Crippen molar-refractivity contribution in [2.75, 3.05) is 5.75 Å². The minimum absolute atomic E-state index is 0.799. The Morgan fingerprint density at radius 3 is 2.93 bits per heavy atom. The highest BCUT2D eigenvalue weighted by atomic mass is 32.2. The molecule has 0 atom stereocenters. The first-order valence-electron chi connectivity index (χ1n) is 4.22. The monoisotopic (exact) mass is 209 g/mol. The Kier molecular flexibility index (Phi) is 4.19. The van der Waals surface area contributed by atoms with Crippen LogP contribution < -0.4 is 0 Å². The molecule has 0 bridgehead atoms. The van der Waals surface area contributed by atoms with Crippen LogP contribution in [-0.2, 0) is 4.79 Å². The Balaban J connectivity index is 2.68. The van der Waals surface area contributed by atoms with Crippen LogP contribution in [-0.4, -0.2) is 21.8 Å². The summed E-state index contributed by atoms with van der Waals surface area (Å²) in [5, 5.41) is 9.36. The molecule has 0 aromatic carbocycles. The summed E-state index contributed by atoms with van der Waals surface area (Å²) in [5.41, 5.74) is 0.799. The molecule has 1 N–H and O–H groups in total. The summed E-state index contributed by atoms with van der Waals surface area (Å²) in [7, 11) is 0. The number of aliphatic carboxylic acids is 1. The van der Waals surface area contributed by atoms with Gasteiger partial charge in [-0.15, -0.1) is 11.8 Å². The topological polar surface area (TPSA) is 50.2 Å². The standard InChI is InChI=1S/C10H11NO2S/c1-2-14-9-5-3-8(7-11-9)4-6-10(12)13/h3-7H,2H2,1H3,(H,12,13). The van der Waals surface area contributed by atoms with Gasteiger partial charge in [0.15, 0.2) is 0 Å². The fourth-order valence-corrected chi connectivity index (χ4v) is 1.48. The van der Waals surface area contributed by atoms with Gasteiger partial charge >= 0.3 is 5.97 Å². The van der Waals surface area contributed by atoms with E-state index >= 15 is 0 Å². The Morgan fingerprint density at radius 1 is 1.64 bits per heavy atom. The number of nitrogens with zero attached hydrogens (tertiary/aromatic N) is 1. The first-order valence-corrected chi connectivity index (χ1v) is 5.21. The fraction of sp³-hybridized carbons (Fsp3) is 0.200. The van der Waals surface area contributed by atoms with Gasteiger partial charge in [-0.2, -0.15) is 0 Å². The molecule has 4 heteroatoms. The second-order valence-electron chi connectivity index (χ2n) is 2.53. The average molecular weight is 209 g/mol. The molecular weight excluding hydrogens is 198 g/mol. The maximum Gasteiger partial charge on any atom is 0.328 e. The number of carboxylic acids is 1. The number of hydrogen-bond acceptors (Lipinski definition) is 3. The molecule has 0 aliphatic heterocycles. The summed E-state index contributed by atoms with van der Waals surface area (Å²) in [6.45, 7) is 2.06. The van der Waals surface area contributed by atoms with Gasteiger partial charge < -0.3 is 5.11 Å². The minimum atomic E-state index is -0.947. The van der Waals surface area contributed by atoms with Crippen LogP contribution in [0.25, 0.3) is 6.08 Å². The van der Waals surface area contributed by atoms with Crippen molar-refractivity contribution in [1.82, 2.24) is 4.98 Å². The predicted octanol–water partition coefficient (Wildman–Crippen LogP) is 2.29. The first kappa shape index (κ1) is 10.8. The summed E-state index contributed by atoms with van der Waals surface area (Å²) < 4.78 is 0. The van der Waals surface area contributed by atoms with Gasteiger partial charge in [-0.05, 0) is 23.5 Å². The molecule has 3 nitrogen and oxygen atoms in total. The van der Waals surface area contributed by atoms with E-state index < -0.39 is 5.97 Å². The van der Waals surface area contributed by atoms with Crippen molar-refractivity contribution >= 4 is 23.8 Å². The Morgan fingerprint density at radius 2 is 2.43 bits per heavy atom. The number of carbonyl (C=O) groups is 1. The van der Waals surface area contributed by atoms with E-state index in [1.165, 1.54) is 6.08 Å². The Labute approximate surface area is 86.9 Å². The van der Waals surface area contributed by atoms with Crippen molar-refractivity contribution in [3.63, 3.8) is 0 Å². The van der Waals surface area contributed by atoms with E-state index in [0.717, 1.165) is 22.4 Å². The second kappa shape index (κ2) is 5.44. The normalized spacial score (nSPS) is 10.6. The van der Waals surface area contributed by atoms with Crippen LogP contribution in [0.15, 0.2) is 29.4 Å². The molecule has 0 amide bonds. The number of aromatic nitrogens is 1. The molecule has 0 aliphatic carbocycles. The van der Waals surface area contributed by atoms with Crippen molar-refractivity contribution in [1.29, 1.82) is 0 Å². The van der Waals surface area contributed by atoms with Crippen LogP contribution >= 0.6 is 11.8 Å². The molecule has 0 saturated heterocycles. The first-order chi connectivity index (χ1) is 6.72. The lowest BCUT2D eigenvalue weighted by molar-refractivity contribution is -0.131. The zero-order valence-electron chi connectivity index (χ0n) is 7.80. The molecular formula is C10H11NO2S. The maximum atomic E-state index is 10.2. The minimum Gasteiger partial charge on any atom is -0.478 e.